The van der Waals surface area contributed by atoms with E-state index in [1.165, 1.54) is 4.68 Å². The van der Waals surface area contributed by atoms with Crippen LogP contribution in [0.1, 0.15) is 33.1 Å². The number of carboxylic acids is 1. The maximum atomic E-state index is 12.2. The second kappa shape index (κ2) is 10.0. The van der Waals surface area contributed by atoms with Crippen molar-refractivity contribution in [3.8, 4) is 11.4 Å². The summed E-state index contributed by atoms with van der Waals surface area (Å²) in [4.78, 5) is 27.2. The minimum atomic E-state index is -1.21. The Morgan fingerprint density at radius 1 is 1.29 bits per heavy atom. The van der Waals surface area contributed by atoms with Gasteiger partial charge in [-0.1, -0.05) is 24.8 Å². The predicted molar refractivity (Wildman–Crippen MR) is 115 cm³/mol. The van der Waals surface area contributed by atoms with Crippen LogP contribution in [-0.2, 0) is 27.4 Å². The molecule has 31 heavy (non-hydrogen) atoms. The van der Waals surface area contributed by atoms with Crippen molar-refractivity contribution in [3.63, 3.8) is 0 Å². The van der Waals surface area contributed by atoms with E-state index in [0.717, 1.165) is 6.04 Å². The molecule has 2 aromatic rings. The first-order valence-electron chi connectivity index (χ1n) is 10.0. The molecule has 0 aromatic carbocycles. The fourth-order valence-corrected chi connectivity index (χ4v) is 3.12. The molecule has 12 heteroatoms. The largest absolute Gasteiger partial charge is 0.481 e. The summed E-state index contributed by atoms with van der Waals surface area (Å²) in [5, 5.41) is 19.7. The van der Waals surface area contributed by atoms with Gasteiger partial charge in [-0.2, -0.15) is 10.1 Å². The van der Waals surface area contributed by atoms with E-state index in [0.29, 0.717) is 12.2 Å². The van der Waals surface area contributed by atoms with Crippen LogP contribution in [0.15, 0.2) is 10.7 Å². The molecule has 11 nitrogen and oxygen atoms in total. The molecule has 2 heterocycles. The first-order valence-corrected chi connectivity index (χ1v) is 13.7. The lowest BCUT2D eigenvalue weighted by molar-refractivity contribution is -0.137. The number of hydrogen-bond acceptors (Lipinski definition) is 8. The van der Waals surface area contributed by atoms with Crippen LogP contribution in [0.3, 0.4) is 0 Å². The highest BCUT2D eigenvalue weighted by Gasteiger charge is 2.22. The van der Waals surface area contributed by atoms with E-state index >= 15 is 0 Å². The topological polar surface area (TPSA) is 142 Å². The minimum absolute atomic E-state index is 0.102. The Labute approximate surface area is 182 Å². The van der Waals surface area contributed by atoms with Gasteiger partial charge in [0.2, 0.25) is 11.7 Å². The lowest BCUT2D eigenvalue weighted by Crippen LogP contribution is -2.27. The van der Waals surface area contributed by atoms with Crippen LogP contribution in [-0.4, -0.2) is 57.4 Å². The quantitative estimate of drug-likeness (QED) is 0.407. The molecule has 172 valence electrons. The van der Waals surface area contributed by atoms with Crippen molar-refractivity contribution in [2.75, 3.05) is 11.9 Å². The third kappa shape index (κ3) is 8.88. The molecule has 2 N–H and O–H groups in total. The molecule has 0 fully saturated rings. The number of ether oxygens (including phenoxy) is 2. The second-order valence-corrected chi connectivity index (χ2v) is 14.9. The lowest BCUT2D eigenvalue weighted by Gasteiger charge is -2.19. The SMILES string of the molecule is CC(C)(C)OC(=O)Nc1nn(COCC[Si](C)(C)C)cc1-c1noc(CCC(=O)O)n1. The first kappa shape index (κ1) is 24.5. The standard InChI is InChI=1S/C19H31N5O6Si/c1-19(2,3)29-18(27)21-16-13(17-20-14(30-23-17)7-8-15(25)26)11-24(22-16)12-28-9-10-31(4,5)6/h11H,7-10,12H2,1-6H3,(H,25,26)(H,21,22,27). The van der Waals surface area contributed by atoms with Crippen molar-refractivity contribution in [1.29, 1.82) is 0 Å². The lowest BCUT2D eigenvalue weighted by atomic mass is 10.2. The Morgan fingerprint density at radius 3 is 2.61 bits per heavy atom. The zero-order valence-electron chi connectivity index (χ0n) is 18.9. The number of rotatable bonds is 10. The summed E-state index contributed by atoms with van der Waals surface area (Å²) in [5.74, 6) is -0.413. The van der Waals surface area contributed by atoms with Gasteiger partial charge >= 0.3 is 12.1 Å². The number of nitrogens with one attached hydrogen (secondary N) is 1. The van der Waals surface area contributed by atoms with Crippen LogP contribution >= 0.6 is 0 Å². The highest BCUT2D eigenvalue weighted by Crippen LogP contribution is 2.25. The third-order valence-corrected chi connectivity index (χ3v) is 5.57. The number of anilines is 1. The van der Waals surface area contributed by atoms with Crippen molar-refractivity contribution >= 4 is 26.0 Å². The van der Waals surface area contributed by atoms with Gasteiger partial charge in [-0.25, -0.2) is 9.48 Å². The molecule has 0 aliphatic heterocycles. The summed E-state index contributed by atoms with van der Waals surface area (Å²) in [6.07, 6.45) is 0.931. The van der Waals surface area contributed by atoms with Gasteiger partial charge in [-0.15, -0.1) is 0 Å². The summed E-state index contributed by atoms with van der Waals surface area (Å²) in [6.45, 7) is 12.9. The average molecular weight is 454 g/mol. The van der Waals surface area contributed by atoms with E-state index < -0.39 is 25.7 Å². The summed E-state index contributed by atoms with van der Waals surface area (Å²) in [6, 6.07) is 1.02. The third-order valence-electron chi connectivity index (χ3n) is 3.86. The Morgan fingerprint density at radius 2 is 2.00 bits per heavy atom. The molecule has 0 aliphatic rings. The summed E-state index contributed by atoms with van der Waals surface area (Å²) < 4.78 is 17.7. The van der Waals surface area contributed by atoms with Crippen LogP contribution < -0.4 is 5.32 Å². The number of amides is 1. The number of aryl methyl sites for hydroxylation is 1. The van der Waals surface area contributed by atoms with Gasteiger partial charge in [-0.3, -0.25) is 10.1 Å². The molecule has 0 radical (unpaired) electrons. The van der Waals surface area contributed by atoms with Gasteiger partial charge in [-0.05, 0) is 26.8 Å². The number of aliphatic carboxylic acids is 1. The number of carbonyl (C=O) groups excluding carboxylic acids is 1. The van der Waals surface area contributed by atoms with E-state index in [1.807, 2.05) is 0 Å². The van der Waals surface area contributed by atoms with Crippen molar-refractivity contribution in [1.82, 2.24) is 19.9 Å². The number of carboxylic acid groups (broad SMARTS) is 1. The Balaban J connectivity index is 2.17. The number of nitrogens with zero attached hydrogens (tertiary/aromatic N) is 4. The highest BCUT2D eigenvalue weighted by molar-refractivity contribution is 6.76. The average Bonchev–Trinajstić information content (AvgIpc) is 3.21. The molecule has 0 saturated carbocycles. The fraction of sp³-hybridized carbons (Fsp3) is 0.632. The molecule has 2 aromatic heterocycles. The Bertz CT molecular complexity index is 896. The summed E-state index contributed by atoms with van der Waals surface area (Å²) in [7, 11) is -1.21. The number of aromatic nitrogens is 4. The molecule has 0 spiro atoms. The normalized spacial score (nSPS) is 12.1. The van der Waals surface area contributed by atoms with Crippen molar-refractivity contribution in [2.24, 2.45) is 0 Å². The van der Waals surface area contributed by atoms with Gasteiger partial charge in [0.25, 0.3) is 0 Å². The zero-order valence-corrected chi connectivity index (χ0v) is 19.9. The van der Waals surface area contributed by atoms with Crippen LogP contribution in [0, 0.1) is 0 Å². The van der Waals surface area contributed by atoms with Gasteiger partial charge < -0.3 is 19.1 Å². The molecule has 2 rings (SSSR count). The van der Waals surface area contributed by atoms with Gasteiger partial charge in [0, 0.05) is 27.3 Å². The molecular formula is C19H31N5O6Si. The van der Waals surface area contributed by atoms with Crippen molar-refractivity contribution < 1.29 is 28.7 Å². The van der Waals surface area contributed by atoms with Crippen LogP contribution in [0.5, 0.6) is 0 Å². The van der Waals surface area contributed by atoms with E-state index in [4.69, 9.17) is 19.1 Å². The number of hydrogen-bond donors (Lipinski definition) is 2. The van der Waals surface area contributed by atoms with Crippen molar-refractivity contribution in [2.45, 2.75) is 71.6 Å². The van der Waals surface area contributed by atoms with Gasteiger partial charge in [0.15, 0.2) is 5.82 Å². The van der Waals surface area contributed by atoms with E-state index in [1.54, 1.807) is 27.0 Å². The smallest absolute Gasteiger partial charge is 0.413 e. The van der Waals surface area contributed by atoms with Crippen LogP contribution in [0.2, 0.25) is 25.7 Å². The molecule has 0 bridgehead atoms. The highest BCUT2D eigenvalue weighted by atomic mass is 28.3. The summed E-state index contributed by atoms with van der Waals surface area (Å²) >= 11 is 0. The maximum Gasteiger partial charge on any atom is 0.413 e. The maximum absolute atomic E-state index is 12.2. The van der Waals surface area contributed by atoms with Gasteiger partial charge in [0.1, 0.15) is 12.3 Å². The predicted octanol–water partition coefficient (Wildman–Crippen LogP) is 3.61. The van der Waals surface area contributed by atoms with Gasteiger partial charge in [0.05, 0.1) is 12.0 Å². The minimum Gasteiger partial charge on any atom is -0.481 e. The van der Waals surface area contributed by atoms with Crippen LogP contribution in [0.4, 0.5) is 10.6 Å². The number of carbonyl (C=O) groups is 2. The van der Waals surface area contributed by atoms with E-state index in [-0.39, 0.29) is 37.1 Å². The molecule has 0 unspecified atom stereocenters. The van der Waals surface area contributed by atoms with E-state index in [2.05, 4.69) is 40.2 Å². The second-order valence-electron chi connectivity index (χ2n) is 9.31. The molecule has 0 aliphatic carbocycles. The molecular weight excluding hydrogens is 422 g/mol. The fourth-order valence-electron chi connectivity index (χ4n) is 2.36. The summed E-state index contributed by atoms with van der Waals surface area (Å²) in [5.41, 5.74) is -0.270. The first-order chi connectivity index (χ1) is 14.3. The molecule has 0 atom stereocenters. The van der Waals surface area contributed by atoms with E-state index in [9.17, 15) is 9.59 Å². The Hall–Kier alpha value is -2.73. The zero-order chi connectivity index (χ0) is 23.2. The molecule has 0 saturated heterocycles. The Kier molecular flexibility index (Phi) is 7.95. The monoisotopic (exact) mass is 453 g/mol. The van der Waals surface area contributed by atoms with Crippen LogP contribution in [0.25, 0.3) is 11.4 Å². The van der Waals surface area contributed by atoms with Crippen molar-refractivity contribution in [3.05, 3.63) is 12.1 Å². The molecule has 1 amide bonds.